The van der Waals surface area contributed by atoms with Gasteiger partial charge < -0.3 is 5.32 Å². The molecule has 0 bridgehead atoms. The van der Waals surface area contributed by atoms with Crippen molar-refractivity contribution in [3.63, 3.8) is 0 Å². The van der Waals surface area contributed by atoms with E-state index in [0.717, 1.165) is 25.1 Å². The molecule has 112 valence electrons. The maximum absolute atomic E-state index is 11.2. The van der Waals surface area contributed by atoms with E-state index in [0.29, 0.717) is 22.6 Å². The molecule has 7 heteroatoms. The predicted octanol–water partition coefficient (Wildman–Crippen LogP) is 3.65. The van der Waals surface area contributed by atoms with Crippen LogP contribution in [0.4, 0.5) is 11.6 Å². The van der Waals surface area contributed by atoms with Gasteiger partial charge in [0.1, 0.15) is 5.69 Å². The van der Waals surface area contributed by atoms with Crippen LogP contribution in [0.2, 0.25) is 0 Å². The Bertz CT molecular complexity index is 468. The van der Waals surface area contributed by atoms with E-state index in [-0.39, 0.29) is 5.69 Å². The van der Waals surface area contributed by atoms with Gasteiger partial charge in [-0.2, -0.15) is 4.98 Å². The van der Waals surface area contributed by atoms with Crippen LogP contribution in [0.5, 0.6) is 0 Å². The van der Waals surface area contributed by atoms with E-state index in [9.17, 15) is 10.1 Å². The lowest BCUT2D eigenvalue weighted by Gasteiger charge is -2.10. The first-order valence-corrected chi connectivity index (χ1v) is 7.87. The number of nitro groups is 1. The molecule has 1 unspecified atom stereocenters. The molecule has 0 saturated carbocycles. The second-order valence-corrected chi connectivity index (χ2v) is 5.80. The quantitative estimate of drug-likeness (QED) is 0.341. The van der Waals surface area contributed by atoms with Crippen LogP contribution in [0.25, 0.3) is 0 Å². The summed E-state index contributed by atoms with van der Waals surface area (Å²) in [5.74, 6) is 1.80. The summed E-state index contributed by atoms with van der Waals surface area (Å²) in [6, 6.07) is 0. The minimum Gasteiger partial charge on any atom is -0.354 e. The molecule has 1 aromatic rings. The van der Waals surface area contributed by atoms with Gasteiger partial charge in [-0.05, 0) is 19.3 Å². The van der Waals surface area contributed by atoms with Gasteiger partial charge in [0.25, 0.3) is 0 Å². The highest BCUT2D eigenvalue weighted by molar-refractivity contribution is 7.99. The maximum atomic E-state index is 11.2. The van der Waals surface area contributed by atoms with Gasteiger partial charge in [-0.1, -0.05) is 39.0 Å². The van der Waals surface area contributed by atoms with Gasteiger partial charge in [-0.15, -0.1) is 0 Å². The molecule has 1 rings (SSSR count). The lowest BCUT2D eigenvalue weighted by molar-refractivity contribution is -0.389. The van der Waals surface area contributed by atoms with E-state index in [1.807, 2.05) is 6.92 Å². The van der Waals surface area contributed by atoms with Crippen molar-refractivity contribution in [3.8, 4) is 0 Å². The number of hydrogen-bond donors (Lipinski definition) is 1. The summed E-state index contributed by atoms with van der Waals surface area (Å²) >= 11 is 1.44. The van der Waals surface area contributed by atoms with Gasteiger partial charge in [0.2, 0.25) is 5.95 Å². The monoisotopic (exact) mass is 298 g/mol. The third-order valence-corrected chi connectivity index (χ3v) is 4.24. The molecule has 0 aliphatic heterocycles. The summed E-state index contributed by atoms with van der Waals surface area (Å²) < 4.78 is 0. The largest absolute Gasteiger partial charge is 0.354 e. The highest BCUT2D eigenvalue weighted by atomic mass is 32.2. The average Bonchev–Trinajstić information content (AvgIpc) is 2.41. The molecule has 0 aromatic carbocycles. The highest BCUT2D eigenvalue weighted by Gasteiger charge is 2.22. The molecule has 1 heterocycles. The van der Waals surface area contributed by atoms with Gasteiger partial charge in [0.05, 0.1) is 4.92 Å². The fourth-order valence-electron chi connectivity index (χ4n) is 1.51. The van der Waals surface area contributed by atoms with Gasteiger partial charge in [0, 0.05) is 12.3 Å². The minimum absolute atomic E-state index is 0.0281. The van der Waals surface area contributed by atoms with Crippen molar-refractivity contribution in [1.82, 2.24) is 9.97 Å². The van der Waals surface area contributed by atoms with Gasteiger partial charge in [-0.25, -0.2) is 4.98 Å². The SMILES string of the molecule is CCCNc1nc(C)c([N+](=O)[O-])c(SCC(C)CC)n1. The van der Waals surface area contributed by atoms with E-state index in [2.05, 4.69) is 29.1 Å². The number of anilines is 1. The average molecular weight is 298 g/mol. The zero-order valence-electron chi connectivity index (χ0n) is 12.5. The summed E-state index contributed by atoms with van der Waals surface area (Å²) in [4.78, 5) is 19.2. The van der Waals surface area contributed by atoms with Crippen LogP contribution in [-0.2, 0) is 0 Å². The van der Waals surface area contributed by atoms with Crippen molar-refractivity contribution in [2.75, 3.05) is 17.6 Å². The van der Waals surface area contributed by atoms with Crippen molar-refractivity contribution < 1.29 is 4.92 Å². The summed E-state index contributed by atoms with van der Waals surface area (Å²) in [7, 11) is 0. The Hall–Kier alpha value is -1.37. The Morgan fingerprint density at radius 2 is 2.10 bits per heavy atom. The van der Waals surface area contributed by atoms with Crippen molar-refractivity contribution in [2.24, 2.45) is 5.92 Å². The van der Waals surface area contributed by atoms with Gasteiger partial charge in [0.15, 0.2) is 5.03 Å². The Morgan fingerprint density at radius 3 is 2.65 bits per heavy atom. The molecular formula is C13H22N4O2S. The molecule has 0 aliphatic carbocycles. The first kappa shape index (κ1) is 16.7. The Labute approximate surface area is 123 Å². The van der Waals surface area contributed by atoms with E-state index < -0.39 is 4.92 Å². The smallest absolute Gasteiger partial charge is 0.322 e. The van der Waals surface area contributed by atoms with Crippen molar-refractivity contribution >= 4 is 23.4 Å². The molecule has 0 saturated heterocycles. The normalized spacial score (nSPS) is 12.2. The molecule has 0 aliphatic rings. The molecule has 0 fully saturated rings. The lowest BCUT2D eigenvalue weighted by atomic mass is 10.2. The fraction of sp³-hybridized carbons (Fsp3) is 0.692. The van der Waals surface area contributed by atoms with Crippen molar-refractivity contribution in [2.45, 2.75) is 45.6 Å². The van der Waals surface area contributed by atoms with E-state index in [4.69, 9.17) is 0 Å². The topological polar surface area (TPSA) is 81.0 Å². The molecule has 1 aromatic heterocycles. The fourth-order valence-corrected chi connectivity index (χ4v) is 2.69. The zero-order chi connectivity index (χ0) is 15.1. The van der Waals surface area contributed by atoms with Crippen LogP contribution in [0, 0.1) is 23.0 Å². The van der Waals surface area contributed by atoms with Gasteiger partial charge >= 0.3 is 5.69 Å². The van der Waals surface area contributed by atoms with Gasteiger partial charge in [-0.3, -0.25) is 10.1 Å². The second kappa shape index (κ2) is 8.04. The lowest BCUT2D eigenvalue weighted by Crippen LogP contribution is -2.09. The van der Waals surface area contributed by atoms with Crippen molar-refractivity contribution in [1.29, 1.82) is 0 Å². The first-order chi connectivity index (χ1) is 9.49. The first-order valence-electron chi connectivity index (χ1n) is 6.89. The molecule has 20 heavy (non-hydrogen) atoms. The predicted molar refractivity (Wildman–Crippen MR) is 82.4 cm³/mol. The Morgan fingerprint density at radius 1 is 1.40 bits per heavy atom. The third kappa shape index (κ3) is 4.63. The van der Waals surface area contributed by atoms with Crippen LogP contribution >= 0.6 is 11.8 Å². The number of aromatic nitrogens is 2. The summed E-state index contributed by atoms with van der Waals surface area (Å²) in [5.41, 5.74) is 0.440. The number of nitrogens with zero attached hydrogens (tertiary/aromatic N) is 3. The third-order valence-electron chi connectivity index (χ3n) is 2.94. The molecule has 1 N–H and O–H groups in total. The number of hydrogen-bond acceptors (Lipinski definition) is 6. The number of thioether (sulfide) groups is 1. The zero-order valence-corrected chi connectivity index (χ0v) is 13.3. The summed E-state index contributed by atoms with van der Waals surface area (Å²) in [6.45, 7) is 8.70. The van der Waals surface area contributed by atoms with Crippen LogP contribution in [0.1, 0.15) is 39.3 Å². The molecule has 0 spiro atoms. The van der Waals surface area contributed by atoms with E-state index >= 15 is 0 Å². The van der Waals surface area contributed by atoms with Crippen LogP contribution in [0.3, 0.4) is 0 Å². The number of rotatable bonds is 8. The molecule has 0 amide bonds. The van der Waals surface area contributed by atoms with Crippen molar-refractivity contribution in [3.05, 3.63) is 15.8 Å². The molecule has 6 nitrogen and oxygen atoms in total. The Kier molecular flexibility index (Phi) is 6.70. The number of aryl methyl sites for hydroxylation is 1. The van der Waals surface area contributed by atoms with Crippen LogP contribution in [0.15, 0.2) is 5.03 Å². The van der Waals surface area contributed by atoms with Crippen LogP contribution in [-0.4, -0.2) is 27.2 Å². The Balaban J connectivity index is 3.01. The maximum Gasteiger partial charge on any atom is 0.322 e. The van der Waals surface area contributed by atoms with Crippen LogP contribution < -0.4 is 5.32 Å². The van der Waals surface area contributed by atoms with E-state index in [1.165, 1.54) is 11.8 Å². The number of nitrogens with one attached hydrogen (secondary N) is 1. The summed E-state index contributed by atoms with van der Waals surface area (Å²) in [6.07, 6.45) is 2.00. The molecule has 0 radical (unpaired) electrons. The second-order valence-electron chi connectivity index (χ2n) is 4.79. The molecular weight excluding hydrogens is 276 g/mol. The standard InChI is InChI=1S/C13H22N4O2S/c1-5-7-14-13-15-10(4)11(17(18)19)12(16-13)20-8-9(3)6-2/h9H,5-8H2,1-4H3,(H,14,15,16). The highest BCUT2D eigenvalue weighted by Crippen LogP contribution is 2.32. The van der Waals surface area contributed by atoms with E-state index in [1.54, 1.807) is 6.92 Å². The molecule has 1 atom stereocenters. The summed E-state index contributed by atoms with van der Waals surface area (Å²) in [5, 5.41) is 14.7. The minimum atomic E-state index is -0.391.